The Balaban J connectivity index is 2.12. The van der Waals surface area contributed by atoms with Crippen molar-refractivity contribution in [3.8, 4) is 0 Å². The summed E-state index contributed by atoms with van der Waals surface area (Å²) in [6.07, 6.45) is 0. The van der Waals surface area contributed by atoms with Crippen LogP contribution >= 0.6 is 0 Å². The van der Waals surface area contributed by atoms with E-state index in [-0.39, 0.29) is 5.78 Å². The maximum absolute atomic E-state index is 12.0. The Morgan fingerprint density at radius 1 is 1.12 bits per heavy atom. The molecule has 1 amide bonds. The van der Waals surface area contributed by atoms with E-state index in [0.29, 0.717) is 12.1 Å². The molecule has 0 aliphatic carbocycles. The monoisotopic (exact) mass is 353 g/mol. The number of nitroso groups, excluding NO2 is 1. The molecule has 6 heteroatoms. The predicted octanol–water partition coefficient (Wildman–Crippen LogP) is 3.96. The number of Topliss-reactive ketones (excluding diaryl/α,β-unsaturated/α-hetero) is 1. The number of amides is 1. The van der Waals surface area contributed by atoms with Crippen molar-refractivity contribution in [3.05, 3.63) is 64.1 Å². The molecule has 0 aromatic heterocycles. The Labute approximate surface area is 153 Å². The lowest BCUT2D eigenvalue weighted by Crippen LogP contribution is -2.12. The number of ketones is 1. The Morgan fingerprint density at radius 3 is 2.31 bits per heavy atom. The standard InChI is InChI=1S/C20H23N3O3/c1-13(20(25)22-26)15-5-8-17(9-6-15)21-12-16-7-10-18(23(3)4)11-19(16)14(2)24/h5-11,13,21H,12H2,1-4H3. The second-order valence-electron chi connectivity index (χ2n) is 6.42. The van der Waals surface area contributed by atoms with Crippen LogP contribution in [0.2, 0.25) is 0 Å². The molecule has 2 aromatic carbocycles. The van der Waals surface area contributed by atoms with E-state index in [2.05, 4.69) is 10.5 Å². The first-order valence-corrected chi connectivity index (χ1v) is 8.35. The van der Waals surface area contributed by atoms with Gasteiger partial charge in [0.05, 0.1) is 5.92 Å². The van der Waals surface area contributed by atoms with Gasteiger partial charge in [-0.2, -0.15) is 0 Å². The maximum atomic E-state index is 12.0. The molecule has 1 N–H and O–H groups in total. The summed E-state index contributed by atoms with van der Waals surface area (Å²) < 4.78 is 0. The van der Waals surface area contributed by atoms with Gasteiger partial charge in [0.2, 0.25) is 0 Å². The Hall–Kier alpha value is -3.02. The zero-order valence-corrected chi connectivity index (χ0v) is 15.4. The van der Waals surface area contributed by atoms with Crippen molar-refractivity contribution in [2.45, 2.75) is 26.3 Å². The molecule has 1 unspecified atom stereocenters. The van der Waals surface area contributed by atoms with Crippen LogP contribution in [0.15, 0.2) is 47.6 Å². The van der Waals surface area contributed by atoms with Crippen LogP contribution in [0.3, 0.4) is 0 Å². The SMILES string of the molecule is CC(=O)c1cc(N(C)C)ccc1CNc1ccc(C(C)C(=O)N=O)cc1. The third-order valence-corrected chi connectivity index (χ3v) is 4.34. The van der Waals surface area contributed by atoms with E-state index < -0.39 is 11.8 Å². The molecule has 0 spiro atoms. The Kier molecular flexibility index (Phi) is 6.22. The topological polar surface area (TPSA) is 78.8 Å². The van der Waals surface area contributed by atoms with Gasteiger partial charge in [0.1, 0.15) is 0 Å². The Bertz CT molecular complexity index is 814. The minimum Gasteiger partial charge on any atom is -0.381 e. The minimum absolute atomic E-state index is 0.0227. The average Bonchev–Trinajstić information content (AvgIpc) is 2.65. The van der Waals surface area contributed by atoms with E-state index >= 15 is 0 Å². The third kappa shape index (κ3) is 4.53. The summed E-state index contributed by atoms with van der Waals surface area (Å²) in [5.74, 6) is -1.21. The number of hydrogen-bond donors (Lipinski definition) is 1. The maximum Gasteiger partial charge on any atom is 0.293 e. The summed E-state index contributed by atoms with van der Waals surface area (Å²) in [7, 11) is 3.87. The largest absolute Gasteiger partial charge is 0.381 e. The van der Waals surface area contributed by atoms with Gasteiger partial charge < -0.3 is 10.2 Å². The van der Waals surface area contributed by atoms with Crippen LogP contribution < -0.4 is 10.2 Å². The van der Waals surface area contributed by atoms with E-state index in [1.165, 1.54) is 0 Å². The number of anilines is 2. The molecule has 2 rings (SSSR count). The number of hydrogen-bond acceptors (Lipinski definition) is 5. The molecule has 0 heterocycles. The second-order valence-corrected chi connectivity index (χ2v) is 6.42. The summed E-state index contributed by atoms with van der Waals surface area (Å²) in [6.45, 7) is 3.72. The molecule has 0 saturated heterocycles. The van der Waals surface area contributed by atoms with Gasteiger partial charge in [-0.25, -0.2) is 0 Å². The van der Waals surface area contributed by atoms with E-state index in [1.54, 1.807) is 26.0 Å². The quantitative estimate of drug-likeness (QED) is 0.602. The van der Waals surface area contributed by atoms with Crippen LogP contribution in [0.5, 0.6) is 0 Å². The van der Waals surface area contributed by atoms with Crippen molar-refractivity contribution in [2.24, 2.45) is 5.18 Å². The van der Waals surface area contributed by atoms with Gasteiger partial charge in [0.15, 0.2) is 5.78 Å². The summed E-state index contributed by atoms with van der Waals surface area (Å²) in [4.78, 5) is 35.6. The van der Waals surface area contributed by atoms with Crippen molar-refractivity contribution in [2.75, 3.05) is 24.3 Å². The molecule has 1 atom stereocenters. The first-order chi connectivity index (χ1) is 12.3. The van der Waals surface area contributed by atoms with Crippen molar-refractivity contribution >= 4 is 23.1 Å². The summed E-state index contributed by atoms with van der Waals surface area (Å²) >= 11 is 0. The zero-order valence-electron chi connectivity index (χ0n) is 15.4. The summed E-state index contributed by atoms with van der Waals surface area (Å²) in [5.41, 5.74) is 4.18. The smallest absolute Gasteiger partial charge is 0.293 e. The number of carbonyl (C=O) groups excluding carboxylic acids is 2. The van der Waals surface area contributed by atoms with Crippen LogP contribution in [0.1, 0.15) is 41.3 Å². The number of nitrogens with zero attached hydrogens (tertiary/aromatic N) is 2. The molecular weight excluding hydrogens is 330 g/mol. The fourth-order valence-electron chi connectivity index (χ4n) is 2.63. The van der Waals surface area contributed by atoms with Gasteiger partial charge in [0.25, 0.3) is 5.91 Å². The molecule has 2 aromatic rings. The van der Waals surface area contributed by atoms with Crippen molar-refractivity contribution < 1.29 is 9.59 Å². The summed E-state index contributed by atoms with van der Waals surface area (Å²) in [6, 6.07) is 13.1. The fourth-order valence-corrected chi connectivity index (χ4v) is 2.63. The van der Waals surface area contributed by atoms with Crippen LogP contribution in [0, 0.1) is 4.91 Å². The molecule has 0 aliphatic rings. The van der Waals surface area contributed by atoms with E-state index in [4.69, 9.17) is 0 Å². The highest BCUT2D eigenvalue weighted by Crippen LogP contribution is 2.22. The van der Waals surface area contributed by atoms with Gasteiger partial charge in [0, 0.05) is 42.8 Å². The number of benzene rings is 2. The molecule has 0 bridgehead atoms. The molecule has 6 nitrogen and oxygen atoms in total. The zero-order chi connectivity index (χ0) is 19.3. The van der Waals surface area contributed by atoms with Gasteiger partial charge in [-0.1, -0.05) is 18.2 Å². The molecule has 0 aliphatic heterocycles. The number of nitrogens with one attached hydrogen (secondary N) is 1. The van der Waals surface area contributed by atoms with Crippen LogP contribution in [0.4, 0.5) is 11.4 Å². The van der Waals surface area contributed by atoms with E-state index in [0.717, 1.165) is 22.5 Å². The number of carbonyl (C=O) groups is 2. The van der Waals surface area contributed by atoms with Crippen molar-refractivity contribution in [3.63, 3.8) is 0 Å². The highest BCUT2D eigenvalue weighted by atomic mass is 16.3. The highest BCUT2D eigenvalue weighted by Gasteiger charge is 2.15. The summed E-state index contributed by atoms with van der Waals surface area (Å²) in [5, 5.41) is 5.75. The molecular formula is C20H23N3O3. The molecule has 0 saturated carbocycles. The van der Waals surface area contributed by atoms with Crippen molar-refractivity contribution in [1.82, 2.24) is 0 Å². The van der Waals surface area contributed by atoms with Gasteiger partial charge in [-0.05, 0) is 49.2 Å². The lowest BCUT2D eigenvalue weighted by Gasteiger charge is -2.16. The van der Waals surface area contributed by atoms with Crippen LogP contribution in [-0.2, 0) is 11.3 Å². The third-order valence-electron chi connectivity index (χ3n) is 4.34. The van der Waals surface area contributed by atoms with Crippen LogP contribution in [0.25, 0.3) is 0 Å². The molecule has 0 radical (unpaired) electrons. The van der Waals surface area contributed by atoms with Gasteiger partial charge >= 0.3 is 0 Å². The van der Waals surface area contributed by atoms with E-state index in [9.17, 15) is 14.5 Å². The van der Waals surface area contributed by atoms with Crippen LogP contribution in [-0.4, -0.2) is 25.8 Å². The fraction of sp³-hybridized carbons (Fsp3) is 0.300. The second kappa shape index (κ2) is 8.38. The van der Waals surface area contributed by atoms with Gasteiger partial charge in [-0.3, -0.25) is 9.59 Å². The number of rotatable bonds is 7. The first kappa shape index (κ1) is 19.3. The first-order valence-electron chi connectivity index (χ1n) is 8.35. The lowest BCUT2D eigenvalue weighted by atomic mass is 10.00. The molecule has 26 heavy (non-hydrogen) atoms. The molecule has 0 fully saturated rings. The lowest BCUT2D eigenvalue weighted by molar-refractivity contribution is -0.119. The minimum atomic E-state index is -0.683. The Morgan fingerprint density at radius 2 is 1.77 bits per heavy atom. The predicted molar refractivity (Wildman–Crippen MR) is 104 cm³/mol. The normalized spacial score (nSPS) is 11.5. The highest BCUT2D eigenvalue weighted by molar-refractivity contribution is 5.96. The average molecular weight is 353 g/mol. The molecule has 136 valence electrons. The van der Waals surface area contributed by atoms with E-state index in [1.807, 2.05) is 49.3 Å². The van der Waals surface area contributed by atoms with Crippen molar-refractivity contribution in [1.29, 1.82) is 0 Å². The van der Waals surface area contributed by atoms with Gasteiger partial charge in [-0.15, -0.1) is 4.91 Å².